The zero-order chi connectivity index (χ0) is 8.53. The van der Waals surface area contributed by atoms with E-state index in [4.69, 9.17) is 0 Å². The first-order valence-electron chi connectivity index (χ1n) is 4.21. The highest BCUT2D eigenvalue weighted by molar-refractivity contribution is 5.00. The fourth-order valence-electron chi connectivity index (χ4n) is 0.722. The van der Waals surface area contributed by atoms with Crippen molar-refractivity contribution >= 4 is 0 Å². The average Bonchev–Trinajstić information content (AvgIpc) is 1.96. The maximum absolute atomic E-state index is 3.82. The molecule has 0 bridgehead atoms. The fourth-order valence-corrected chi connectivity index (χ4v) is 0.722. The minimum Gasteiger partial charge on any atom is -0.0998 e. The molecule has 0 aliphatic rings. The molecule has 0 aromatic rings. The number of hydrogen-bond donors (Lipinski definition) is 0. The standard InChI is InChI=1S/C11H18/c1-4-5-6-7-8-9-10-11(2)3/h5-6,8-9H,2,4,7,10H2,1,3H3/b6-5-,9-8-. The van der Waals surface area contributed by atoms with E-state index in [9.17, 15) is 0 Å². The van der Waals surface area contributed by atoms with E-state index in [1.807, 2.05) is 6.92 Å². The van der Waals surface area contributed by atoms with Crippen molar-refractivity contribution in [3.05, 3.63) is 36.5 Å². The second-order valence-electron chi connectivity index (χ2n) is 2.75. The molecule has 0 fully saturated rings. The fraction of sp³-hybridized carbons (Fsp3) is 0.455. The van der Waals surface area contributed by atoms with Crippen molar-refractivity contribution in [2.45, 2.75) is 33.1 Å². The molecular formula is C11H18. The summed E-state index contributed by atoms with van der Waals surface area (Å²) >= 11 is 0. The highest BCUT2D eigenvalue weighted by Crippen LogP contribution is 1.97. The van der Waals surface area contributed by atoms with Gasteiger partial charge < -0.3 is 0 Å². The maximum atomic E-state index is 3.82. The third-order valence-corrected chi connectivity index (χ3v) is 1.31. The van der Waals surface area contributed by atoms with Crippen LogP contribution in [0, 0.1) is 0 Å². The summed E-state index contributed by atoms with van der Waals surface area (Å²) in [5.74, 6) is 0. The van der Waals surface area contributed by atoms with Crippen LogP contribution < -0.4 is 0 Å². The lowest BCUT2D eigenvalue weighted by atomic mass is 10.2. The quantitative estimate of drug-likeness (QED) is 0.522. The number of rotatable bonds is 5. The molecule has 0 spiro atoms. The van der Waals surface area contributed by atoms with Crippen LogP contribution in [-0.2, 0) is 0 Å². The summed E-state index contributed by atoms with van der Waals surface area (Å²) in [5.41, 5.74) is 1.22. The third kappa shape index (κ3) is 9.22. The normalized spacial score (nSPS) is 11.5. The van der Waals surface area contributed by atoms with Crippen LogP contribution in [0.15, 0.2) is 36.5 Å². The van der Waals surface area contributed by atoms with Gasteiger partial charge in [0.2, 0.25) is 0 Å². The molecule has 0 amide bonds. The van der Waals surface area contributed by atoms with Gasteiger partial charge in [0, 0.05) is 0 Å². The van der Waals surface area contributed by atoms with Crippen LogP contribution in [0.1, 0.15) is 33.1 Å². The van der Waals surface area contributed by atoms with Gasteiger partial charge >= 0.3 is 0 Å². The summed E-state index contributed by atoms with van der Waals surface area (Å²) in [6.45, 7) is 8.01. The summed E-state index contributed by atoms with van der Waals surface area (Å²) in [6.07, 6.45) is 11.9. The smallest absolute Gasteiger partial charge is 0.0144 e. The summed E-state index contributed by atoms with van der Waals surface area (Å²) < 4.78 is 0. The van der Waals surface area contributed by atoms with Gasteiger partial charge in [-0.05, 0) is 26.2 Å². The van der Waals surface area contributed by atoms with Crippen LogP contribution >= 0.6 is 0 Å². The molecule has 0 saturated heterocycles. The Morgan fingerprint density at radius 3 is 2.36 bits per heavy atom. The van der Waals surface area contributed by atoms with E-state index in [0.29, 0.717) is 0 Å². The Morgan fingerprint density at radius 2 is 1.82 bits per heavy atom. The minimum absolute atomic E-state index is 1.01. The Bertz CT molecular complexity index is 149. The summed E-state index contributed by atoms with van der Waals surface area (Å²) in [5, 5.41) is 0. The van der Waals surface area contributed by atoms with Crippen LogP contribution in [0.4, 0.5) is 0 Å². The molecular weight excluding hydrogens is 132 g/mol. The molecule has 0 nitrogen and oxygen atoms in total. The molecule has 0 aromatic carbocycles. The van der Waals surface area contributed by atoms with Crippen LogP contribution in [0.5, 0.6) is 0 Å². The van der Waals surface area contributed by atoms with Crippen LogP contribution in [0.3, 0.4) is 0 Å². The van der Waals surface area contributed by atoms with Crippen molar-refractivity contribution in [3.63, 3.8) is 0 Å². The zero-order valence-corrected chi connectivity index (χ0v) is 7.64. The van der Waals surface area contributed by atoms with Crippen molar-refractivity contribution in [3.8, 4) is 0 Å². The topological polar surface area (TPSA) is 0 Å². The van der Waals surface area contributed by atoms with E-state index in [-0.39, 0.29) is 0 Å². The van der Waals surface area contributed by atoms with Gasteiger partial charge in [-0.3, -0.25) is 0 Å². The monoisotopic (exact) mass is 150 g/mol. The lowest BCUT2D eigenvalue weighted by molar-refractivity contribution is 1.18. The van der Waals surface area contributed by atoms with E-state index in [2.05, 4.69) is 37.8 Å². The van der Waals surface area contributed by atoms with Crippen molar-refractivity contribution < 1.29 is 0 Å². The van der Waals surface area contributed by atoms with E-state index in [1.54, 1.807) is 0 Å². The molecule has 0 heterocycles. The van der Waals surface area contributed by atoms with Crippen LogP contribution in [0.25, 0.3) is 0 Å². The van der Waals surface area contributed by atoms with Gasteiger partial charge in [-0.2, -0.15) is 0 Å². The SMILES string of the molecule is C=C(C)C/C=C\C/C=C\CC. The molecule has 0 radical (unpaired) electrons. The second kappa shape index (κ2) is 7.33. The summed E-state index contributed by atoms with van der Waals surface area (Å²) in [6, 6.07) is 0. The van der Waals surface area contributed by atoms with Crippen molar-refractivity contribution in [1.82, 2.24) is 0 Å². The Labute approximate surface area is 70.3 Å². The zero-order valence-electron chi connectivity index (χ0n) is 7.64. The predicted octanol–water partition coefficient (Wildman–Crippen LogP) is 3.87. The molecule has 11 heavy (non-hydrogen) atoms. The first-order chi connectivity index (χ1) is 5.27. The molecule has 0 aromatic heterocycles. The number of allylic oxidation sites excluding steroid dienone is 5. The van der Waals surface area contributed by atoms with Gasteiger partial charge in [0.15, 0.2) is 0 Å². The summed E-state index contributed by atoms with van der Waals surface area (Å²) in [7, 11) is 0. The molecule has 0 aliphatic carbocycles. The molecule has 0 aliphatic heterocycles. The third-order valence-electron chi connectivity index (χ3n) is 1.31. The predicted molar refractivity (Wildman–Crippen MR) is 52.6 cm³/mol. The van der Waals surface area contributed by atoms with E-state index >= 15 is 0 Å². The molecule has 0 atom stereocenters. The molecule has 62 valence electrons. The molecule has 0 unspecified atom stereocenters. The van der Waals surface area contributed by atoms with Gasteiger partial charge in [-0.25, -0.2) is 0 Å². The second-order valence-corrected chi connectivity index (χ2v) is 2.75. The lowest BCUT2D eigenvalue weighted by Gasteiger charge is -1.87. The number of hydrogen-bond acceptors (Lipinski definition) is 0. The Hall–Kier alpha value is -0.780. The molecule has 0 rings (SSSR count). The summed E-state index contributed by atoms with van der Waals surface area (Å²) in [4.78, 5) is 0. The highest BCUT2D eigenvalue weighted by atomic mass is 13.8. The first-order valence-corrected chi connectivity index (χ1v) is 4.21. The van der Waals surface area contributed by atoms with Crippen LogP contribution in [-0.4, -0.2) is 0 Å². The maximum Gasteiger partial charge on any atom is -0.0144 e. The van der Waals surface area contributed by atoms with Gasteiger partial charge in [0.1, 0.15) is 0 Å². The molecule has 0 heteroatoms. The van der Waals surface area contributed by atoms with Crippen LogP contribution in [0.2, 0.25) is 0 Å². The molecule has 0 saturated carbocycles. The average molecular weight is 150 g/mol. The van der Waals surface area contributed by atoms with Crippen molar-refractivity contribution in [2.24, 2.45) is 0 Å². The van der Waals surface area contributed by atoms with E-state index in [1.165, 1.54) is 5.57 Å². The van der Waals surface area contributed by atoms with E-state index in [0.717, 1.165) is 19.3 Å². The largest absolute Gasteiger partial charge is 0.0998 e. The van der Waals surface area contributed by atoms with Crippen molar-refractivity contribution in [1.29, 1.82) is 0 Å². The van der Waals surface area contributed by atoms with Gasteiger partial charge in [-0.1, -0.05) is 43.4 Å². The first kappa shape index (κ1) is 10.2. The minimum atomic E-state index is 1.01. The Morgan fingerprint density at radius 1 is 1.18 bits per heavy atom. The highest BCUT2D eigenvalue weighted by Gasteiger charge is 1.76. The van der Waals surface area contributed by atoms with E-state index < -0.39 is 0 Å². The van der Waals surface area contributed by atoms with Gasteiger partial charge in [0.25, 0.3) is 0 Å². The van der Waals surface area contributed by atoms with Gasteiger partial charge in [0.05, 0.1) is 0 Å². The van der Waals surface area contributed by atoms with Crippen molar-refractivity contribution in [2.75, 3.05) is 0 Å². The molecule has 0 N–H and O–H groups in total. The Kier molecular flexibility index (Phi) is 6.81. The Balaban J connectivity index is 3.30. The van der Waals surface area contributed by atoms with Gasteiger partial charge in [-0.15, -0.1) is 0 Å². The lowest BCUT2D eigenvalue weighted by Crippen LogP contribution is -1.66.